The third kappa shape index (κ3) is 0.969. The number of hydrogen-bond donors (Lipinski definition) is 3. The van der Waals surface area contributed by atoms with E-state index in [9.17, 15) is 9.59 Å². The van der Waals surface area contributed by atoms with Crippen molar-refractivity contribution in [2.45, 2.75) is 0 Å². The van der Waals surface area contributed by atoms with Gasteiger partial charge in [0.15, 0.2) is 0 Å². The number of H-pyrrole nitrogens is 3. The highest BCUT2D eigenvalue weighted by Crippen LogP contribution is 2.18. The predicted octanol–water partition coefficient (Wildman–Crippen LogP) is 0.698. The van der Waals surface area contributed by atoms with Crippen LogP contribution in [0.25, 0.3) is 21.8 Å². The van der Waals surface area contributed by atoms with Crippen molar-refractivity contribution in [3.8, 4) is 0 Å². The monoisotopic (exact) mass is 201 g/mol. The Morgan fingerprint density at radius 3 is 2.53 bits per heavy atom. The minimum absolute atomic E-state index is 0.290. The fraction of sp³-hybridized carbons (Fsp3) is 0. The van der Waals surface area contributed by atoms with Crippen molar-refractivity contribution in [2.24, 2.45) is 0 Å². The van der Waals surface area contributed by atoms with Gasteiger partial charge in [-0.2, -0.15) is 0 Å². The molecule has 0 aliphatic heterocycles. The lowest BCUT2D eigenvalue weighted by atomic mass is 10.2. The smallest absolute Gasteiger partial charge is 0.286 e. The van der Waals surface area contributed by atoms with Crippen molar-refractivity contribution in [3.63, 3.8) is 0 Å². The molecule has 3 aromatic rings. The average Bonchev–Trinajstić information content (AvgIpc) is 2.64. The van der Waals surface area contributed by atoms with Crippen LogP contribution in [0, 0.1) is 0 Å². The Bertz CT molecular complexity index is 763. The summed E-state index contributed by atoms with van der Waals surface area (Å²) in [5.74, 6) is 0. The Kier molecular flexibility index (Phi) is 1.39. The van der Waals surface area contributed by atoms with Crippen molar-refractivity contribution >= 4 is 21.8 Å². The minimum atomic E-state index is -0.319. The maximum absolute atomic E-state index is 11.6. The van der Waals surface area contributed by atoms with E-state index in [1.807, 2.05) is 24.3 Å². The molecule has 5 nitrogen and oxygen atoms in total. The number of fused-ring (bicyclic) bond motifs is 3. The van der Waals surface area contributed by atoms with Crippen LogP contribution in [0.15, 0.2) is 33.9 Å². The van der Waals surface area contributed by atoms with Crippen molar-refractivity contribution in [2.75, 3.05) is 0 Å². The number of para-hydroxylation sites is 1. The van der Waals surface area contributed by atoms with Gasteiger partial charge in [0.25, 0.3) is 11.1 Å². The number of aromatic amines is 3. The average molecular weight is 201 g/mol. The molecule has 0 aliphatic carbocycles. The van der Waals surface area contributed by atoms with Gasteiger partial charge in [0.1, 0.15) is 5.52 Å². The zero-order chi connectivity index (χ0) is 10.4. The molecule has 2 aromatic heterocycles. The van der Waals surface area contributed by atoms with E-state index in [4.69, 9.17) is 0 Å². The number of rotatable bonds is 0. The number of benzene rings is 1. The van der Waals surface area contributed by atoms with E-state index in [-0.39, 0.29) is 11.1 Å². The zero-order valence-corrected chi connectivity index (χ0v) is 7.63. The molecule has 5 heteroatoms. The highest BCUT2D eigenvalue weighted by molar-refractivity contribution is 6.06. The molecule has 0 spiro atoms. The molecule has 0 fully saturated rings. The molecule has 1 aromatic carbocycles. The fourth-order valence-corrected chi connectivity index (χ4v) is 1.79. The lowest BCUT2D eigenvalue weighted by Gasteiger charge is -1.87. The van der Waals surface area contributed by atoms with Crippen LogP contribution in [0.1, 0.15) is 0 Å². The van der Waals surface area contributed by atoms with Crippen LogP contribution < -0.4 is 11.1 Å². The molecule has 2 heterocycles. The Morgan fingerprint density at radius 2 is 1.67 bits per heavy atom. The lowest BCUT2D eigenvalue weighted by molar-refractivity contribution is 0.974. The van der Waals surface area contributed by atoms with Crippen molar-refractivity contribution in [3.05, 3.63) is 45.0 Å². The Labute approximate surface area is 82.7 Å². The molecule has 0 atom stereocenters. The molecule has 3 N–H and O–H groups in total. The molecule has 0 amide bonds. The molecular weight excluding hydrogens is 194 g/mol. The molecule has 0 unspecified atom stereocenters. The summed E-state index contributed by atoms with van der Waals surface area (Å²) in [5.41, 5.74) is 0.498. The van der Waals surface area contributed by atoms with Crippen LogP contribution in [-0.2, 0) is 0 Å². The van der Waals surface area contributed by atoms with E-state index in [2.05, 4.69) is 15.2 Å². The maximum Gasteiger partial charge on any atom is 0.286 e. The first-order valence-corrected chi connectivity index (χ1v) is 4.49. The Hall–Kier alpha value is -2.30. The standard InChI is InChI=1S/C10H7N3O2/c14-9-7-5-3-1-2-4-6(5)11-8(7)10(15)13-12-9/h1-4,11H,(H,12,14)(H,13,15). The van der Waals surface area contributed by atoms with E-state index in [0.29, 0.717) is 10.9 Å². The topological polar surface area (TPSA) is 81.5 Å². The first kappa shape index (κ1) is 8.05. The van der Waals surface area contributed by atoms with Crippen LogP contribution >= 0.6 is 0 Å². The second-order valence-corrected chi connectivity index (χ2v) is 3.33. The molecule has 3 rings (SSSR count). The van der Waals surface area contributed by atoms with Crippen molar-refractivity contribution < 1.29 is 0 Å². The SMILES string of the molecule is O=c1[nH][nH]c(=O)c2c1[nH]c1ccccc12. The lowest BCUT2D eigenvalue weighted by Crippen LogP contribution is -2.18. The predicted molar refractivity (Wildman–Crippen MR) is 57.0 cm³/mol. The van der Waals surface area contributed by atoms with Gasteiger partial charge in [-0.3, -0.25) is 19.8 Å². The summed E-state index contributed by atoms with van der Waals surface area (Å²) in [7, 11) is 0. The van der Waals surface area contributed by atoms with E-state index in [1.165, 1.54) is 0 Å². The van der Waals surface area contributed by atoms with Crippen LogP contribution in [0.4, 0.5) is 0 Å². The van der Waals surface area contributed by atoms with Gasteiger partial charge in [0.05, 0.1) is 5.39 Å². The number of nitrogens with one attached hydrogen (secondary N) is 3. The summed E-state index contributed by atoms with van der Waals surface area (Å²) in [6.07, 6.45) is 0. The van der Waals surface area contributed by atoms with E-state index < -0.39 is 0 Å². The highest BCUT2D eigenvalue weighted by atomic mass is 16.1. The normalized spacial score (nSPS) is 11.2. The highest BCUT2D eigenvalue weighted by Gasteiger charge is 2.09. The van der Waals surface area contributed by atoms with Gasteiger partial charge in [-0.1, -0.05) is 18.2 Å². The third-order valence-corrected chi connectivity index (χ3v) is 2.45. The molecular formula is C10H7N3O2. The van der Waals surface area contributed by atoms with Crippen LogP contribution in [0.5, 0.6) is 0 Å². The molecule has 0 saturated heterocycles. The summed E-state index contributed by atoms with van der Waals surface area (Å²) < 4.78 is 0. The van der Waals surface area contributed by atoms with E-state index in [0.717, 1.165) is 10.9 Å². The summed E-state index contributed by atoms with van der Waals surface area (Å²) in [6.45, 7) is 0. The van der Waals surface area contributed by atoms with Gasteiger partial charge >= 0.3 is 0 Å². The summed E-state index contributed by atoms with van der Waals surface area (Å²) in [6, 6.07) is 7.31. The summed E-state index contributed by atoms with van der Waals surface area (Å²) in [4.78, 5) is 25.9. The maximum atomic E-state index is 11.6. The van der Waals surface area contributed by atoms with Crippen molar-refractivity contribution in [1.82, 2.24) is 15.2 Å². The second kappa shape index (κ2) is 2.60. The molecule has 0 bridgehead atoms. The second-order valence-electron chi connectivity index (χ2n) is 3.33. The number of hydrogen-bond acceptors (Lipinski definition) is 2. The first-order valence-electron chi connectivity index (χ1n) is 4.49. The molecule has 0 aliphatic rings. The third-order valence-electron chi connectivity index (χ3n) is 2.45. The van der Waals surface area contributed by atoms with Crippen molar-refractivity contribution in [1.29, 1.82) is 0 Å². The van der Waals surface area contributed by atoms with E-state index >= 15 is 0 Å². The number of aromatic nitrogens is 3. The summed E-state index contributed by atoms with van der Waals surface area (Å²) >= 11 is 0. The van der Waals surface area contributed by atoms with Crippen LogP contribution in [-0.4, -0.2) is 15.2 Å². The van der Waals surface area contributed by atoms with Crippen LogP contribution in [0.3, 0.4) is 0 Å². The zero-order valence-electron chi connectivity index (χ0n) is 7.63. The quantitative estimate of drug-likeness (QED) is 0.500. The largest absolute Gasteiger partial charge is 0.350 e. The fourth-order valence-electron chi connectivity index (χ4n) is 1.79. The van der Waals surface area contributed by atoms with Gasteiger partial charge in [-0.05, 0) is 6.07 Å². The Balaban J connectivity index is 2.79. The van der Waals surface area contributed by atoms with Gasteiger partial charge < -0.3 is 4.98 Å². The Morgan fingerprint density at radius 1 is 0.933 bits per heavy atom. The van der Waals surface area contributed by atoms with Gasteiger partial charge in [-0.25, -0.2) is 0 Å². The summed E-state index contributed by atoms with van der Waals surface area (Å²) in [5, 5.41) is 5.76. The van der Waals surface area contributed by atoms with Gasteiger partial charge in [-0.15, -0.1) is 0 Å². The van der Waals surface area contributed by atoms with Gasteiger partial charge in [0, 0.05) is 10.9 Å². The molecule has 0 radical (unpaired) electrons. The minimum Gasteiger partial charge on any atom is -0.350 e. The first-order chi connectivity index (χ1) is 7.27. The van der Waals surface area contributed by atoms with E-state index in [1.54, 1.807) is 0 Å². The van der Waals surface area contributed by atoms with Gasteiger partial charge in [0.2, 0.25) is 0 Å². The molecule has 15 heavy (non-hydrogen) atoms. The van der Waals surface area contributed by atoms with Crippen LogP contribution in [0.2, 0.25) is 0 Å². The molecule has 0 saturated carbocycles. The molecule has 74 valence electrons.